The minimum Gasteiger partial charge on any atom is -0.480 e. The molecule has 0 aliphatic heterocycles. The van der Waals surface area contributed by atoms with Crippen molar-refractivity contribution >= 4 is 27.7 Å². The molecule has 0 rings (SSSR count). The summed E-state index contributed by atoms with van der Waals surface area (Å²) in [4.78, 5) is 31.9. The van der Waals surface area contributed by atoms with Crippen LogP contribution in [-0.4, -0.2) is 41.9 Å². The standard InChI is InChI=1S/C7H12N2O6S/c1-7(2,5(11)12)16(14,15)3-4(10)9-6(8)13/h3H2,1-2H3,(H,11,12)(H3,8,9,10,13). The third-order valence-electron chi connectivity index (χ3n) is 1.88. The predicted octanol–water partition coefficient (Wildman–Crippen LogP) is -1.54. The lowest BCUT2D eigenvalue weighted by molar-refractivity contribution is -0.139. The second-order valence-electron chi connectivity index (χ2n) is 3.49. The van der Waals surface area contributed by atoms with Crippen LogP contribution in [0.2, 0.25) is 0 Å². The number of amides is 3. The van der Waals surface area contributed by atoms with E-state index in [9.17, 15) is 22.8 Å². The third kappa shape index (κ3) is 3.19. The molecular formula is C7H12N2O6S. The number of imide groups is 1. The van der Waals surface area contributed by atoms with Gasteiger partial charge < -0.3 is 10.8 Å². The van der Waals surface area contributed by atoms with E-state index in [2.05, 4.69) is 5.73 Å². The molecule has 0 unspecified atom stereocenters. The number of aliphatic carboxylic acids is 1. The molecule has 0 aliphatic rings. The van der Waals surface area contributed by atoms with Crippen LogP contribution in [0.3, 0.4) is 0 Å². The number of hydrogen-bond donors (Lipinski definition) is 3. The van der Waals surface area contributed by atoms with E-state index < -0.39 is 38.2 Å². The Labute approximate surface area is 91.7 Å². The number of nitrogens with two attached hydrogens (primary N) is 1. The predicted molar refractivity (Wildman–Crippen MR) is 53.2 cm³/mol. The van der Waals surface area contributed by atoms with Gasteiger partial charge >= 0.3 is 12.0 Å². The Hall–Kier alpha value is -1.64. The van der Waals surface area contributed by atoms with Crippen LogP contribution in [0.4, 0.5) is 4.79 Å². The molecule has 0 fully saturated rings. The maximum Gasteiger partial charge on any atom is 0.324 e. The monoisotopic (exact) mass is 252 g/mol. The highest BCUT2D eigenvalue weighted by atomic mass is 32.2. The van der Waals surface area contributed by atoms with E-state index in [-0.39, 0.29) is 0 Å². The Morgan fingerprint density at radius 3 is 2.06 bits per heavy atom. The normalized spacial score (nSPS) is 11.9. The molecule has 0 aromatic heterocycles. The van der Waals surface area contributed by atoms with E-state index >= 15 is 0 Å². The number of carbonyl (C=O) groups excluding carboxylic acids is 2. The van der Waals surface area contributed by atoms with Gasteiger partial charge in [-0.15, -0.1) is 0 Å². The zero-order valence-electron chi connectivity index (χ0n) is 8.68. The molecule has 0 aliphatic carbocycles. The third-order valence-corrected chi connectivity index (χ3v) is 4.25. The lowest BCUT2D eigenvalue weighted by Gasteiger charge is -2.18. The topological polar surface area (TPSA) is 144 Å². The number of nitrogens with one attached hydrogen (secondary N) is 1. The molecule has 8 nitrogen and oxygen atoms in total. The van der Waals surface area contributed by atoms with Crippen molar-refractivity contribution < 1.29 is 27.9 Å². The summed E-state index contributed by atoms with van der Waals surface area (Å²) in [5, 5.41) is 10.2. The summed E-state index contributed by atoms with van der Waals surface area (Å²) in [6, 6.07) is -1.20. The van der Waals surface area contributed by atoms with Crippen molar-refractivity contribution in [1.82, 2.24) is 5.32 Å². The molecule has 0 saturated carbocycles. The van der Waals surface area contributed by atoms with E-state index in [0.717, 1.165) is 13.8 Å². The van der Waals surface area contributed by atoms with Crippen LogP contribution in [0.25, 0.3) is 0 Å². The second kappa shape index (κ2) is 4.47. The van der Waals surface area contributed by atoms with Gasteiger partial charge in [-0.3, -0.25) is 14.9 Å². The van der Waals surface area contributed by atoms with Gasteiger partial charge in [-0.25, -0.2) is 13.2 Å². The highest BCUT2D eigenvalue weighted by Crippen LogP contribution is 2.17. The number of rotatable bonds is 4. The molecule has 0 heterocycles. The molecule has 4 N–H and O–H groups in total. The lowest BCUT2D eigenvalue weighted by atomic mass is 10.2. The molecule has 92 valence electrons. The van der Waals surface area contributed by atoms with Crippen LogP contribution in [0.1, 0.15) is 13.8 Å². The number of primary amides is 1. The summed E-state index contributed by atoms with van der Waals surface area (Å²) in [7, 11) is -4.22. The minimum atomic E-state index is -4.22. The first kappa shape index (κ1) is 14.4. The van der Waals surface area contributed by atoms with Gasteiger partial charge in [0.15, 0.2) is 14.6 Å². The molecule has 0 bridgehead atoms. The average molecular weight is 252 g/mol. The average Bonchev–Trinajstić information content (AvgIpc) is 1.99. The summed E-state index contributed by atoms with van der Waals surface area (Å²) in [5.41, 5.74) is 4.60. The number of hydrogen-bond acceptors (Lipinski definition) is 5. The first-order valence-corrected chi connectivity index (χ1v) is 5.71. The molecule has 9 heteroatoms. The summed E-state index contributed by atoms with van der Waals surface area (Å²) in [5.74, 6) is -3.86. The Balaban J connectivity index is 4.91. The van der Waals surface area contributed by atoms with Crippen molar-refractivity contribution in [3.8, 4) is 0 Å². The van der Waals surface area contributed by atoms with Crippen molar-refractivity contribution in [2.45, 2.75) is 18.6 Å². The van der Waals surface area contributed by atoms with Crippen LogP contribution in [-0.2, 0) is 19.4 Å². The SMILES string of the molecule is CC(C)(C(=O)O)S(=O)(=O)CC(=O)NC(N)=O. The van der Waals surface area contributed by atoms with Gasteiger partial charge in [0.05, 0.1) is 0 Å². The molecule has 0 spiro atoms. The van der Waals surface area contributed by atoms with Crippen molar-refractivity contribution in [1.29, 1.82) is 0 Å². The van der Waals surface area contributed by atoms with E-state index in [0.29, 0.717) is 0 Å². The van der Waals surface area contributed by atoms with Gasteiger partial charge in [0.2, 0.25) is 5.91 Å². The van der Waals surface area contributed by atoms with Crippen molar-refractivity contribution in [2.75, 3.05) is 5.75 Å². The molecule has 0 aromatic rings. The number of carboxylic acid groups (broad SMARTS) is 1. The van der Waals surface area contributed by atoms with Gasteiger partial charge in [-0.05, 0) is 13.8 Å². The van der Waals surface area contributed by atoms with Crippen LogP contribution in [0.15, 0.2) is 0 Å². The van der Waals surface area contributed by atoms with Crippen LogP contribution in [0, 0.1) is 0 Å². The zero-order chi connectivity index (χ0) is 13.1. The van der Waals surface area contributed by atoms with Gasteiger partial charge in [0.25, 0.3) is 0 Å². The van der Waals surface area contributed by atoms with E-state index in [1.165, 1.54) is 5.32 Å². The Morgan fingerprint density at radius 1 is 1.31 bits per heavy atom. The van der Waals surface area contributed by atoms with Crippen LogP contribution in [0.5, 0.6) is 0 Å². The number of carbonyl (C=O) groups is 3. The summed E-state index contributed by atoms with van der Waals surface area (Å²) >= 11 is 0. The van der Waals surface area contributed by atoms with Crippen molar-refractivity contribution in [3.05, 3.63) is 0 Å². The maximum atomic E-state index is 11.5. The molecule has 0 atom stereocenters. The number of sulfone groups is 1. The highest BCUT2D eigenvalue weighted by molar-refractivity contribution is 7.94. The molecule has 16 heavy (non-hydrogen) atoms. The van der Waals surface area contributed by atoms with Gasteiger partial charge in [0, 0.05) is 0 Å². The van der Waals surface area contributed by atoms with Crippen molar-refractivity contribution in [2.24, 2.45) is 5.73 Å². The number of carboxylic acids is 1. The smallest absolute Gasteiger partial charge is 0.324 e. The van der Waals surface area contributed by atoms with Gasteiger partial charge in [-0.2, -0.15) is 0 Å². The summed E-state index contributed by atoms with van der Waals surface area (Å²) < 4.78 is 20.9. The number of urea groups is 1. The molecule has 0 saturated heterocycles. The highest BCUT2D eigenvalue weighted by Gasteiger charge is 2.43. The van der Waals surface area contributed by atoms with Crippen LogP contribution < -0.4 is 11.1 Å². The summed E-state index contributed by atoms with van der Waals surface area (Å²) in [6.07, 6.45) is 0. The zero-order valence-corrected chi connectivity index (χ0v) is 9.50. The molecule has 3 amide bonds. The van der Waals surface area contributed by atoms with Gasteiger partial charge in [-0.1, -0.05) is 0 Å². The minimum absolute atomic E-state index is 0.947. The Bertz CT molecular complexity index is 424. The van der Waals surface area contributed by atoms with E-state index in [1.807, 2.05) is 0 Å². The quantitative estimate of drug-likeness (QED) is 0.553. The maximum absolute atomic E-state index is 11.5. The molecule has 0 radical (unpaired) electrons. The fourth-order valence-corrected chi connectivity index (χ4v) is 1.70. The largest absolute Gasteiger partial charge is 0.480 e. The molecular weight excluding hydrogens is 240 g/mol. The lowest BCUT2D eigenvalue weighted by Crippen LogP contribution is -2.47. The fourth-order valence-electron chi connectivity index (χ4n) is 0.660. The Morgan fingerprint density at radius 2 is 1.75 bits per heavy atom. The first-order valence-electron chi connectivity index (χ1n) is 4.05. The van der Waals surface area contributed by atoms with E-state index in [4.69, 9.17) is 5.11 Å². The molecule has 0 aromatic carbocycles. The van der Waals surface area contributed by atoms with Crippen molar-refractivity contribution in [3.63, 3.8) is 0 Å². The Kier molecular flexibility index (Phi) is 4.01. The fraction of sp³-hybridized carbons (Fsp3) is 0.571. The van der Waals surface area contributed by atoms with Gasteiger partial charge in [0.1, 0.15) is 5.75 Å². The first-order chi connectivity index (χ1) is 7.00. The van der Waals surface area contributed by atoms with E-state index in [1.54, 1.807) is 0 Å². The summed E-state index contributed by atoms with van der Waals surface area (Å²) in [6.45, 7) is 1.89. The second-order valence-corrected chi connectivity index (χ2v) is 6.03. The van der Waals surface area contributed by atoms with Crippen LogP contribution >= 0.6 is 0 Å².